The lowest BCUT2D eigenvalue weighted by Gasteiger charge is -2.21. The lowest BCUT2D eigenvalue weighted by atomic mass is 10.1. The van der Waals surface area contributed by atoms with Crippen LogP contribution in [-0.2, 0) is 23.7 Å². The summed E-state index contributed by atoms with van der Waals surface area (Å²) in [5.41, 5.74) is 2.54. The Kier molecular flexibility index (Phi) is 20.9. The molecule has 1 amide bonds. The van der Waals surface area contributed by atoms with E-state index < -0.39 is 0 Å². The Morgan fingerprint density at radius 3 is 2.17 bits per heavy atom. The molecular formula is C40H57N7O7. The highest BCUT2D eigenvalue weighted by atomic mass is 16.5. The minimum atomic E-state index is -0.243. The van der Waals surface area contributed by atoms with Crippen molar-refractivity contribution < 1.29 is 33.3 Å². The number of amidine groups is 2. The van der Waals surface area contributed by atoms with E-state index in [1.54, 1.807) is 37.5 Å². The molecule has 2 aromatic carbocycles. The zero-order valence-electron chi connectivity index (χ0n) is 31.9. The topological polar surface area (TPSA) is 181 Å². The number of likely N-dealkylation sites (N-methyl/N-ethyl adjacent to an activating group) is 1. The van der Waals surface area contributed by atoms with Crippen molar-refractivity contribution >= 4 is 29.2 Å². The molecule has 14 nitrogen and oxygen atoms in total. The number of nitrogens with one attached hydrogen (secondary N) is 4. The van der Waals surface area contributed by atoms with Crippen LogP contribution in [0.3, 0.4) is 0 Å². The minimum absolute atomic E-state index is 0.0919. The molecule has 0 unspecified atom stereocenters. The molecule has 0 aliphatic rings. The monoisotopic (exact) mass is 747 g/mol. The third kappa shape index (κ3) is 17.3. The van der Waals surface area contributed by atoms with Crippen LogP contribution in [0, 0.1) is 10.8 Å². The lowest BCUT2D eigenvalue weighted by molar-refractivity contribution is -0.140. The SMILES string of the molecule is COC(=O)CCCCCOCCOCCOCCCCCCOc1cccc([C@H](C)NC(=O)c2cccc(NCC(=N)N(C)C(=N)c3ccncn3)c2)c1. The van der Waals surface area contributed by atoms with Crippen LogP contribution in [0.15, 0.2) is 67.1 Å². The number of benzene rings is 2. The number of ether oxygens (including phenoxy) is 5. The first-order valence-electron chi connectivity index (χ1n) is 18.6. The number of amides is 1. The quantitative estimate of drug-likeness (QED) is 0.0309. The number of nitrogens with zero attached hydrogens (tertiary/aromatic N) is 3. The molecule has 0 saturated heterocycles. The molecule has 294 valence electrons. The second-order valence-corrected chi connectivity index (χ2v) is 12.6. The first kappa shape index (κ1) is 43.5. The number of hydrogen-bond donors (Lipinski definition) is 4. The number of rotatable bonds is 27. The van der Waals surface area contributed by atoms with Gasteiger partial charge in [0.1, 0.15) is 23.6 Å². The van der Waals surface area contributed by atoms with Crippen molar-refractivity contribution in [1.82, 2.24) is 20.2 Å². The van der Waals surface area contributed by atoms with E-state index in [-0.39, 0.29) is 36.1 Å². The number of carbonyl (C=O) groups is 2. The van der Waals surface area contributed by atoms with Gasteiger partial charge in [-0.25, -0.2) is 9.97 Å². The van der Waals surface area contributed by atoms with Crippen molar-refractivity contribution in [3.05, 3.63) is 83.9 Å². The van der Waals surface area contributed by atoms with Gasteiger partial charge in [-0.15, -0.1) is 0 Å². The standard InChI is InChI=1S/C40H57N7O7/c1-31(46-40(49)33-14-11-15-34(27-33)44-29-37(41)47(2)39(42)36-18-19-43-30-45-36)32-13-12-16-35(28-32)54-22-10-5-4-8-20-51-23-25-53-26-24-52-21-9-6-7-17-38(48)50-3/h11-16,18-19,27-28,30-31,41-42,44H,4-10,17,20-26,29H2,1-3H3,(H,46,49)/t31-/m0/s1. The van der Waals surface area contributed by atoms with Crippen LogP contribution in [0.25, 0.3) is 0 Å². The third-order valence-corrected chi connectivity index (χ3v) is 8.45. The summed E-state index contributed by atoms with van der Waals surface area (Å²) in [4.78, 5) is 33.6. The van der Waals surface area contributed by atoms with Crippen LogP contribution in [0.5, 0.6) is 5.75 Å². The molecule has 4 N–H and O–H groups in total. The molecule has 0 radical (unpaired) electrons. The molecule has 54 heavy (non-hydrogen) atoms. The number of aromatic nitrogens is 2. The van der Waals surface area contributed by atoms with E-state index >= 15 is 0 Å². The fourth-order valence-electron chi connectivity index (χ4n) is 5.19. The maximum absolute atomic E-state index is 13.1. The van der Waals surface area contributed by atoms with E-state index in [9.17, 15) is 9.59 Å². The highest BCUT2D eigenvalue weighted by Gasteiger charge is 2.15. The van der Waals surface area contributed by atoms with Gasteiger partial charge in [0.25, 0.3) is 5.91 Å². The maximum Gasteiger partial charge on any atom is 0.305 e. The van der Waals surface area contributed by atoms with Crippen LogP contribution in [0.1, 0.15) is 85.9 Å². The van der Waals surface area contributed by atoms with Crippen molar-refractivity contribution in [3.63, 3.8) is 0 Å². The second kappa shape index (κ2) is 26.0. The summed E-state index contributed by atoms with van der Waals surface area (Å²) >= 11 is 0. The number of esters is 1. The summed E-state index contributed by atoms with van der Waals surface area (Å²) in [7, 11) is 3.05. The molecule has 1 aromatic heterocycles. The van der Waals surface area contributed by atoms with Crippen molar-refractivity contribution in [1.29, 1.82) is 10.8 Å². The molecule has 0 spiro atoms. The fraction of sp³-hybridized carbons (Fsp3) is 0.500. The molecule has 3 aromatic rings. The summed E-state index contributed by atoms with van der Waals surface area (Å²) in [6.45, 7) is 6.31. The molecule has 0 aliphatic heterocycles. The molecule has 1 heterocycles. The molecule has 14 heteroatoms. The smallest absolute Gasteiger partial charge is 0.305 e. The van der Waals surface area contributed by atoms with Gasteiger partial charge in [-0.1, -0.05) is 31.0 Å². The Morgan fingerprint density at radius 2 is 1.48 bits per heavy atom. The average molecular weight is 748 g/mol. The van der Waals surface area contributed by atoms with Gasteiger partial charge in [0.2, 0.25) is 0 Å². The maximum atomic E-state index is 13.1. The van der Waals surface area contributed by atoms with E-state index in [4.69, 9.17) is 29.8 Å². The van der Waals surface area contributed by atoms with Crippen LogP contribution in [-0.4, -0.2) is 105 Å². The largest absolute Gasteiger partial charge is 0.494 e. The van der Waals surface area contributed by atoms with Gasteiger partial charge in [-0.2, -0.15) is 0 Å². The third-order valence-electron chi connectivity index (χ3n) is 8.45. The summed E-state index contributed by atoms with van der Waals surface area (Å²) in [5.74, 6) is 0.654. The number of anilines is 1. The molecular weight excluding hydrogens is 690 g/mol. The van der Waals surface area contributed by atoms with E-state index in [1.165, 1.54) is 18.3 Å². The molecule has 0 bridgehead atoms. The van der Waals surface area contributed by atoms with Gasteiger partial charge in [0, 0.05) is 44.1 Å². The van der Waals surface area contributed by atoms with Crippen molar-refractivity contribution in [2.24, 2.45) is 0 Å². The first-order valence-corrected chi connectivity index (χ1v) is 18.6. The summed E-state index contributed by atoms with van der Waals surface area (Å²) in [6, 6.07) is 16.3. The molecule has 1 atom stereocenters. The summed E-state index contributed by atoms with van der Waals surface area (Å²) in [5, 5.41) is 22.9. The van der Waals surface area contributed by atoms with Gasteiger partial charge in [0.15, 0.2) is 5.84 Å². The fourth-order valence-corrected chi connectivity index (χ4v) is 5.19. The van der Waals surface area contributed by atoms with Crippen molar-refractivity contribution in [3.8, 4) is 5.75 Å². The number of unbranched alkanes of at least 4 members (excludes halogenated alkanes) is 5. The molecule has 0 aliphatic carbocycles. The normalized spacial score (nSPS) is 11.4. The van der Waals surface area contributed by atoms with Crippen LogP contribution in [0.2, 0.25) is 0 Å². The molecule has 0 fully saturated rings. The van der Waals surface area contributed by atoms with Crippen LogP contribution < -0.4 is 15.4 Å². The zero-order chi connectivity index (χ0) is 38.8. The van der Waals surface area contributed by atoms with E-state index in [2.05, 4.69) is 25.3 Å². The van der Waals surface area contributed by atoms with Crippen molar-refractivity contribution in [2.75, 3.05) is 72.3 Å². The van der Waals surface area contributed by atoms with Gasteiger partial charge in [-0.05, 0) is 81.0 Å². The Bertz CT molecular complexity index is 1560. The highest BCUT2D eigenvalue weighted by Crippen LogP contribution is 2.21. The van der Waals surface area contributed by atoms with Gasteiger partial charge < -0.3 is 39.2 Å². The van der Waals surface area contributed by atoms with Crippen LogP contribution in [0.4, 0.5) is 5.69 Å². The van der Waals surface area contributed by atoms with E-state index in [1.807, 2.05) is 37.3 Å². The highest BCUT2D eigenvalue weighted by molar-refractivity contribution is 6.06. The lowest BCUT2D eigenvalue weighted by Crippen LogP contribution is -2.37. The van der Waals surface area contributed by atoms with Gasteiger partial charge >= 0.3 is 5.97 Å². The van der Waals surface area contributed by atoms with Gasteiger partial charge in [0.05, 0.1) is 52.7 Å². The predicted octanol–water partition coefficient (Wildman–Crippen LogP) is 6.04. The first-order chi connectivity index (χ1) is 26.3. The molecule has 0 saturated carbocycles. The van der Waals surface area contributed by atoms with E-state index in [0.717, 1.165) is 56.3 Å². The average Bonchev–Trinajstić information content (AvgIpc) is 3.20. The molecule has 3 rings (SSSR count). The zero-order valence-corrected chi connectivity index (χ0v) is 31.9. The Labute approximate surface area is 319 Å². The number of methoxy groups -OCH3 is 1. The Hall–Kier alpha value is -4.92. The summed E-state index contributed by atoms with van der Waals surface area (Å²) < 4.78 is 27.4. The second-order valence-electron chi connectivity index (χ2n) is 12.6. The Balaban J connectivity index is 1.23. The van der Waals surface area contributed by atoms with Crippen LogP contribution >= 0.6 is 0 Å². The number of hydrogen-bond acceptors (Lipinski definition) is 12. The summed E-state index contributed by atoms with van der Waals surface area (Å²) in [6.07, 6.45) is 10.1. The van der Waals surface area contributed by atoms with Gasteiger partial charge in [-0.3, -0.25) is 20.4 Å². The number of carbonyl (C=O) groups excluding carboxylic acids is 2. The minimum Gasteiger partial charge on any atom is -0.494 e. The van der Waals surface area contributed by atoms with E-state index in [0.29, 0.717) is 69.6 Å². The van der Waals surface area contributed by atoms with Crippen molar-refractivity contribution in [2.45, 2.75) is 64.3 Å². The Morgan fingerprint density at radius 1 is 0.815 bits per heavy atom. The predicted molar refractivity (Wildman–Crippen MR) is 209 cm³/mol.